The van der Waals surface area contributed by atoms with E-state index < -0.39 is 0 Å². The summed E-state index contributed by atoms with van der Waals surface area (Å²) in [5.74, 6) is 1.97. The van der Waals surface area contributed by atoms with E-state index in [0.29, 0.717) is 13.3 Å². The van der Waals surface area contributed by atoms with Crippen LogP contribution in [0.3, 0.4) is 0 Å². The van der Waals surface area contributed by atoms with Crippen molar-refractivity contribution in [1.82, 2.24) is 14.9 Å². The van der Waals surface area contributed by atoms with Gasteiger partial charge in [0.1, 0.15) is 23.9 Å². The summed E-state index contributed by atoms with van der Waals surface area (Å²) in [6, 6.07) is 10.4. The molecule has 0 atom stereocenters. The zero-order valence-electron chi connectivity index (χ0n) is 15.5. The zero-order valence-corrected chi connectivity index (χ0v) is 15.5. The van der Waals surface area contributed by atoms with Gasteiger partial charge in [-0.15, -0.1) is 0 Å². The summed E-state index contributed by atoms with van der Waals surface area (Å²) in [5, 5.41) is 1.80. The number of allylic oxidation sites excluding steroid dienone is 1. The third kappa shape index (κ3) is 2.97. The van der Waals surface area contributed by atoms with Crippen LogP contribution in [0, 0.1) is 0 Å². The summed E-state index contributed by atoms with van der Waals surface area (Å²) in [5.41, 5.74) is 4.41. The number of hydroxylamine groups is 2. The monoisotopic (exact) mass is 352 g/mol. The van der Waals surface area contributed by atoms with Crippen molar-refractivity contribution in [3.63, 3.8) is 0 Å². The number of hydrogen-bond acceptors (Lipinski definition) is 6. The number of fused-ring (bicyclic) bond motifs is 2. The third-order valence-electron chi connectivity index (χ3n) is 4.82. The van der Waals surface area contributed by atoms with Gasteiger partial charge in [-0.25, -0.2) is 10.1 Å². The molecule has 0 unspecified atom stereocenters. The molecule has 0 saturated carbocycles. The van der Waals surface area contributed by atoms with E-state index in [4.69, 9.17) is 14.6 Å². The number of likely N-dealkylation sites (N-methyl/N-ethyl adjacent to an activating group) is 1. The van der Waals surface area contributed by atoms with Crippen LogP contribution in [-0.4, -0.2) is 55.1 Å². The number of ether oxygens (including phenoxy) is 1. The predicted octanol–water partition coefficient (Wildman–Crippen LogP) is 2.70. The van der Waals surface area contributed by atoms with Crippen LogP contribution in [-0.2, 0) is 16.0 Å². The largest absolute Gasteiger partial charge is 0.491 e. The van der Waals surface area contributed by atoms with Crippen molar-refractivity contribution in [3.05, 3.63) is 70.6 Å². The molecule has 3 aliphatic rings. The van der Waals surface area contributed by atoms with Crippen LogP contribution >= 0.6 is 0 Å². The summed E-state index contributed by atoms with van der Waals surface area (Å²) in [6.07, 6.45) is 4.72. The highest BCUT2D eigenvalue weighted by atomic mass is 16.7. The number of benzene rings is 1. The highest BCUT2D eigenvalue weighted by Crippen LogP contribution is 2.36. The number of rotatable bonds is 5. The first-order chi connectivity index (χ1) is 12.7. The fourth-order valence-corrected chi connectivity index (χ4v) is 3.56. The van der Waals surface area contributed by atoms with E-state index in [9.17, 15) is 0 Å². The van der Waals surface area contributed by atoms with Crippen molar-refractivity contribution < 1.29 is 9.57 Å². The van der Waals surface area contributed by atoms with Crippen molar-refractivity contribution in [2.75, 3.05) is 34.0 Å². The molecule has 4 rings (SSSR count). The molecule has 26 heavy (non-hydrogen) atoms. The molecule has 0 aliphatic carbocycles. The second-order valence-corrected chi connectivity index (χ2v) is 6.70. The molecular weight excluding hydrogens is 328 g/mol. The lowest BCUT2D eigenvalue weighted by molar-refractivity contribution is -0.0969. The van der Waals surface area contributed by atoms with Crippen LogP contribution < -0.4 is 0 Å². The van der Waals surface area contributed by atoms with E-state index in [1.54, 1.807) is 12.2 Å². The first-order valence-corrected chi connectivity index (χ1v) is 8.84. The molecule has 1 aromatic carbocycles. The highest BCUT2D eigenvalue weighted by Gasteiger charge is 2.35. The number of nitrogens with zero attached hydrogens (tertiary/aromatic N) is 4. The average molecular weight is 352 g/mol. The van der Waals surface area contributed by atoms with Crippen molar-refractivity contribution in [1.29, 1.82) is 0 Å². The Labute approximate surface area is 154 Å². The molecule has 0 radical (unpaired) electrons. The summed E-state index contributed by atoms with van der Waals surface area (Å²) < 4.78 is 6.21. The third-order valence-corrected chi connectivity index (χ3v) is 4.82. The Morgan fingerprint density at radius 1 is 1.19 bits per heavy atom. The van der Waals surface area contributed by atoms with E-state index in [1.165, 1.54) is 11.1 Å². The Hall–Kier alpha value is -2.73. The predicted molar refractivity (Wildman–Crippen MR) is 101 cm³/mol. The van der Waals surface area contributed by atoms with E-state index in [2.05, 4.69) is 48.0 Å². The fourth-order valence-electron chi connectivity index (χ4n) is 3.56. The van der Waals surface area contributed by atoms with Crippen LogP contribution in [0.15, 0.2) is 70.1 Å². The second kappa shape index (κ2) is 6.88. The molecular formula is C20H24N4O2. The molecule has 0 N–H and O–H groups in total. The summed E-state index contributed by atoms with van der Waals surface area (Å²) in [6.45, 7) is 4.23. The quantitative estimate of drug-likeness (QED) is 0.815. The highest BCUT2D eigenvalue weighted by molar-refractivity contribution is 5.82. The van der Waals surface area contributed by atoms with E-state index in [0.717, 1.165) is 35.9 Å². The lowest BCUT2D eigenvalue weighted by Crippen LogP contribution is -2.40. The summed E-state index contributed by atoms with van der Waals surface area (Å²) in [4.78, 5) is 14.5. The van der Waals surface area contributed by atoms with Crippen molar-refractivity contribution in [2.45, 2.75) is 13.3 Å². The van der Waals surface area contributed by atoms with Gasteiger partial charge in [0.05, 0.1) is 31.8 Å². The van der Waals surface area contributed by atoms with E-state index in [-0.39, 0.29) is 0 Å². The maximum Gasteiger partial charge on any atom is 0.149 e. The van der Waals surface area contributed by atoms with Crippen LogP contribution in [0.4, 0.5) is 0 Å². The number of aliphatic imine (C=N–C) groups is 1. The normalized spacial score (nSPS) is 19.0. The van der Waals surface area contributed by atoms with Gasteiger partial charge in [0.2, 0.25) is 0 Å². The first kappa shape index (κ1) is 16.7. The maximum atomic E-state index is 6.21. The smallest absolute Gasteiger partial charge is 0.149 e. The molecule has 0 fully saturated rings. The molecule has 3 aliphatic heterocycles. The zero-order chi connectivity index (χ0) is 18.1. The Bertz CT molecular complexity index is 810. The number of hydrogen-bond donors (Lipinski definition) is 0. The molecule has 0 bridgehead atoms. The fraction of sp³-hybridized carbons (Fsp3) is 0.350. The lowest BCUT2D eigenvalue weighted by atomic mass is 10.1. The molecule has 3 heterocycles. The molecule has 1 aromatic rings. The van der Waals surface area contributed by atoms with E-state index in [1.807, 2.05) is 18.5 Å². The van der Waals surface area contributed by atoms with Crippen molar-refractivity contribution in [3.8, 4) is 0 Å². The van der Waals surface area contributed by atoms with Gasteiger partial charge < -0.3 is 14.5 Å². The van der Waals surface area contributed by atoms with Crippen LogP contribution in [0.2, 0.25) is 0 Å². The van der Waals surface area contributed by atoms with Crippen molar-refractivity contribution in [2.24, 2.45) is 4.99 Å². The minimum absolute atomic E-state index is 0.638. The van der Waals surface area contributed by atoms with Gasteiger partial charge >= 0.3 is 0 Å². The van der Waals surface area contributed by atoms with Gasteiger partial charge in [0, 0.05) is 20.0 Å². The van der Waals surface area contributed by atoms with Gasteiger partial charge in [-0.3, -0.25) is 4.84 Å². The maximum absolute atomic E-state index is 6.21. The molecule has 136 valence electrons. The Morgan fingerprint density at radius 3 is 2.77 bits per heavy atom. The molecule has 0 aromatic heterocycles. The van der Waals surface area contributed by atoms with Gasteiger partial charge in [0.25, 0.3) is 0 Å². The lowest BCUT2D eigenvalue weighted by Gasteiger charge is -2.38. The molecule has 0 amide bonds. The van der Waals surface area contributed by atoms with Gasteiger partial charge in [-0.05, 0) is 18.1 Å². The first-order valence-electron chi connectivity index (χ1n) is 8.84. The van der Waals surface area contributed by atoms with Gasteiger partial charge in [-0.2, -0.15) is 0 Å². The van der Waals surface area contributed by atoms with Crippen LogP contribution in [0.5, 0.6) is 0 Å². The Balaban J connectivity index is 1.55. The van der Waals surface area contributed by atoms with Crippen LogP contribution in [0.1, 0.15) is 12.5 Å². The second-order valence-electron chi connectivity index (χ2n) is 6.70. The van der Waals surface area contributed by atoms with Crippen LogP contribution in [0.25, 0.3) is 0 Å². The molecule has 6 heteroatoms. The van der Waals surface area contributed by atoms with Gasteiger partial charge in [0.15, 0.2) is 0 Å². The molecule has 6 nitrogen and oxygen atoms in total. The average Bonchev–Trinajstić information content (AvgIpc) is 3.08. The van der Waals surface area contributed by atoms with Crippen molar-refractivity contribution >= 4 is 6.21 Å². The summed E-state index contributed by atoms with van der Waals surface area (Å²) in [7, 11) is 3.77. The topological polar surface area (TPSA) is 40.5 Å². The Kier molecular flexibility index (Phi) is 4.42. The van der Waals surface area contributed by atoms with Gasteiger partial charge in [-0.1, -0.05) is 30.3 Å². The summed E-state index contributed by atoms with van der Waals surface area (Å²) >= 11 is 0. The minimum atomic E-state index is 0.638. The molecule has 0 saturated heterocycles. The SMILES string of the molecule is CON1C=C2C=NC3=C(N(C)CC(C)=C3OCCc3ccccc3)N2C1. The minimum Gasteiger partial charge on any atom is -0.491 e. The molecule has 0 spiro atoms. The Morgan fingerprint density at radius 2 is 2.00 bits per heavy atom. The van der Waals surface area contributed by atoms with E-state index >= 15 is 0 Å². The standard InChI is InChI=1S/C20H24N4O2/c1-15-12-22(2)20-18(21-11-17-13-23(25-3)14-24(17)20)19(15)26-10-9-16-7-5-4-6-8-16/h4-8,11,13H,9-10,12,14H2,1-3H3.